The van der Waals surface area contributed by atoms with Crippen molar-refractivity contribution in [2.45, 2.75) is 12.8 Å². The minimum atomic E-state index is -0.351. The molecule has 0 N–H and O–H groups in total. The molecule has 0 aromatic rings. The molecule has 0 saturated heterocycles. The second kappa shape index (κ2) is 9.71. The third kappa shape index (κ3) is 8.74. The molecule has 0 aromatic heterocycles. The second-order valence-electron chi connectivity index (χ2n) is 2.82. The van der Waals surface area contributed by atoms with Gasteiger partial charge in [0.05, 0.1) is 12.8 Å². The summed E-state index contributed by atoms with van der Waals surface area (Å²) < 4.78 is 9.45. The van der Waals surface area contributed by atoms with Crippen LogP contribution >= 0.6 is 0 Å². The van der Waals surface area contributed by atoms with Gasteiger partial charge in [-0.1, -0.05) is 37.5 Å². The van der Waals surface area contributed by atoms with E-state index in [9.17, 15) is 9.59 Å². The summed E-state index contributed by atoms with van der Waals surface area (Å²) in [4.78, 5) is 21.9. The maximum atomic E-state index is 11.0. The van der Waals surface area contributed by atoms with Crippen LogP contribution in [-0.2, 0) is 19.1 Å². The predicted molar refractivity (Wildman–Crippen MR) is 60.7 cm³/mol. The lowest BCUT2D eigenvalue weighted by Gasteiger charge is -1.98. The normalized spacial score (nSPS) is 9.75. The molecule has 0 heterocycles. The van der Waals surface area contributed by atoms with Crippen LogP contribution in [0.1, 0.15) is 12.8 Å². The zero-order chi connectivity index (χ0) is 12.2. The van der Waals surface area contributed by atoms with E-state index in [1.54, 1.807) is 12.2 Å². The van der Waals surface area contributed by atoms with E-state index >= 15 is 0 Å². The zero-order valence-electron chi connectivity index (χ0n) is 9.19. The van der Waals surface area contributed by atoms with Crippen molar-refractivity contribution in [3.05, 3.63) is 37.5 Å². The fourth-order valence-corrected chi connectivity index (χ4v) is 0.781. The van der Waals surface area contributed by atoms with E-state index in [-0.39, 0.29) is 38.0 Å². The molecule has 0 rings (SSSR count). The highest BCUT2D eigenvalue weighted by atomic mass is 16.5. The Morgan fingerprint density at radius 3 is 1.56 bits per heavy atom. The van der Waals surface area contributed by atoms with Gasteiger partial charge in [0.1, 0.15) is 13.2 Å². The maximum Gasteiger partial charge on any atom is 0.309 e. The number of hydrogen-bond donors (Lipinski definition) is 0. The standard InChI is InChI=1S/C12H16O4/c1-3-9-15-11(13)7-5-6-8-12(14)16-10-4-2/h3-6H,1-2,7-10H2/b6-5+. The van der Waals surface area contributed by atoms with Crippen molar-refractivity contribution in [1.29, 1.82) is 0 Å². The smallest absolute Gasteiger partial charge is 0.309 e. The van der Waals surface area contributed by atoms with Crippen molar-refractivity contribution in [2.24, 2.45) is 0 Å². The van der Waals surface area contributed by atoms with E-state index in [2.05, 4.69) is 13.2 Å². The quantitative estimate of drug-likeness (QED) is 0.466. The Hall–Kier alpha value is -1.84. The third-order valence-electron chi connectivity index (χ3n) is 1.46. The zero-order valence-corrected chi connectivity index (χ0v) is 9.19. The molecule has 0 bridgehead atoms. The maximum absolute atomic E-state index is 11.0. The molecule has 0 aliphatic rings. The van der Waals surface area contributed by atoms with Gasteiger partial charge in [0, 0.05) is 0 Å². The molecule has 16 heavy (non-hydrogen) atoms. The van der Waals surface area contributed by atoms with Crippen LogP contribution in [0.3, 0.4) is 0 Å². The summed E-state index contributed by atoms with van der Waals surface area (Å²) in [6.45, 7) is 7.24. The van der Waals surface area contributed by atoms with Crippen LogP contribution < -0.4 is 0 Å². The molecule has 0 radical (unpaired) electrons. The lowest BCUT2D eigenvalue weighted by molar-refractivity contribution is -0.142. The van der Waals surface area contributed by atoms with Gasteiger partial charge in [0.25, 0.3) is 0 Å². The van der Waals surface area contributed by atoms with Gasteiger partial charge >= 0.3 is 11.9 Å². The van der Waals surface area contributed by atoms with Crippen LogP contribution in [0.5, 0.6) is 0 Å². The van der Waals surface area contributed by atoms with Gasteiger partial charge < -0.3 is 9.47 Å². The molecular formula is C12H16O4. The Morgan fingerprint density at radius 1 is 0.875 bits per heavy atom. The summed E-state index contributed by atoms with van der Waals surface area (Å²) in [6, 6.07) is 0. The molecule has 0 fully saturated rings. The first-order valence-corrected chi connectivity index (χ1v) is 4.88. The molecule has 0 saturated carbocycles. The first-order valence-electron chi connectivity index (χ1n) is 4.88. The molecule has 0 unspecified atom stereocenters. The molecule has 0 aromatic carbocycles. The topological polar surface area (TPSA) is 52.6 Å². The summed E-state index contributed by atoms with van der Waals surface area (Å²) in [7, 11) is 0. The molecule has 0 aliphatic heterocycles. The minimum Gasteiger partial charge on any atom is -0.461 e. The van der Waals surface area contributed by atoms with Crippen LogP contribution in [-0.4, -0.2) is 25.2 Å². The van der Waals surface area contributed by atoms with E-state index in [0.717, 1.165) is 0 Å². The monoisotopic (exact) mass is 224 g/mol. The molecule has 4 heteroatoms. The number of carbonyl (C=O) groups excluding carboxylic acids is 2. The van der Waals surface area contributed by atoms with Crippen LogP contribution in [0, 0.1) is 0 Å². The fourth-order valence-electron chi connectivity index (χ4n) is 0.781. The number of carbonyl (C=O) groups is 2. The molecule has 88 valence electrons. The molecule has 0 aliphatic carbocycles. The van der Waals surface area contributed by atoms with Crippen molar-refractivity contribution in [2.75, 3.05) is 13.2 Å². The van der Waals surface area contributed by atoms with Crippen LogP contribution in [0.15, 0.2) is 37.5 Å². The first kappa shape index (κ1) is 14.2. The van der Waals surface area contributed by atoms with Crippen molar-refractivity contribution < 1.29 is 19.1 Å². The first-order chi connectivity index (χ1) is 7.70. The average Bonchev–Trinajstić information content (AvgIpc) is 2.29. The third-order valence-corrected chi connectivity index (χ3v) is 1.46. The highest BCUT2D eigenvalue weighted by Gasteiger charge is 1.99. The van der Waals surface area contributed by atoms with Gasteiger partial charge in [-0.3, -0.25) is 9.59 Å². The van der Waals surface area contributed by atoms with E-state index in [4.69, 9.17) is 9.47 Å². The predicted octanol–water partition coefficient (Wildman–Crippen LogP) is 1.78. The number of rotatable bonds is 8. The van der Waals surface area contributed by atoms with Gasteiger partial charge in [-0.05, 0) is 0 Å². The van der Waals surface area contributed by atoms with Gasteiger partial charge in [-0.25, -0.2) is 0 Å². The van der Waals surface area contributed by atoms with Crippen molar-refractivity contribution in [3.8, 4) is 0 Å². The molecule has 0 spiro atoms. The molecule has 4 nitrogen and oxygen atoms in total. The second-order valence-corrected chi connectivity index (χ2v) is 2.82. The van der Waals surface area contributed by atoms with E-state index in [1.807, 2.05) is 0 Å². The number of hydrogen-bond acceptors (Lipinski definition) is 4. The van der Waals surface area contributed by atoms with Crippen molar-refractivity contribution in [3.63, 3.8) is 0 Å². The SMILES string of the molecule is C=CCOC(=O)C/C=C/CC(=O)OCC=C. The number of ether oxygens (including phenoxy) is 2. The highest BCUT2D eigenvalue weighted by Crippen LogP contribution is 1.93. The Balaban J connectivity index is 3.60. The minimum absolute atomic E-state index is 0.141. The summed E-state index contributed by atoms with van der Waals surface area (Å²) in [5, 5.41) is 0. The summed E-state index contributed by atoms with van der Waals surface area (Å²) in [6.07, 6.45) is 6.41. The van der Waals surface area contributed by atoms with Gasteiger partial charge in [0.15, 0.2) is 0 Å². The summed E-state index contributed by atoms with van der Waals surface area (Å²) >= 11 is 0. The lowest BCUT2D eigenvalue weighted by Crippen LogP contribution is -2.03. The Morgan fingerprint density at radius 2 is 1.25 bits per heavy atom. The van der Waals surface area contributed by atoms with E-state index in [1.165, 1.54) is 12.2 Å². The molecule has 0 amide bonds. The highest BCUT2D eigenvalue weighted by molar-refractivity contribution is 5.73. The van der Waals surface area contributed by atoms with Gasteiger partial charge in [-0.15, -0.1) is 0 Å². The molecule has 0 atom stereocenters. The number of esters is 2. The summed E-state index contributed by atoms with van der Waals surface area (Å²) in [5.74, 6) is -0.703. The Kier molecular flexibility index (Phi) is 8.59. The average molecular weight is 224 g/mol. The fraction of sp³-hybridized carbons (Fsp3) is 0.333. The van der Waals surface area contributed by atoms with Crippen molar-refractivity contribution in [1.82, 2.24) is 0 Å². The molecular weight excluding hydrogens is 208 g/mol. The van der Waals surface area contributed by atoms with Crippen LogP contribution in [0.2, 0.25) is 0 Å². The van der Waals surface area contributed by atoms with Gasteiger partial charge in [0.2, 0.25) is 0 Å². The largest absolute Gasteiger partial charge is 0.461 e. The lowest BCUT2D eigenvalue weighted by atomic mass is 10.3. The van der Waals surface area contributed by atoms with E-state index in [0.29, 0.717) is 0 Å². The Labute approximate surface area is 95.2 Å². The Bertz CT molecular complexity index is 251. The van der Waals surface area contributed by atoms with Gasteiger partial charge in [-0.2, -0.15) is 0 Å². The van der Waals surface area contributed by atoms with Crippen LogP contribution in [0.25, 0.3) is 0 Å². The van der Waals surface area contributed by atoms with Crippen LogP contribution in [0.4, 0.5) is 0 Å². The van der Waals surface area contributed by atoms with E-state index < -0.39 is 0 Å². The van der Waals surface area contributed by atoms with Crippen molar-refractivity contribution >= 4 is 11.9 Å². The summed E-state index contributed by atoms with van der Waals surface area (Å²) in [5.41, 5.74) is 0.